The smallest absolute Gasteiger partial charge is 0.269 e. The van der Waals surface area contributed by atoms with E-state index in [-0.39, 0.29) is 11.8 Å². The maximum atomic E-state index is 13.3. The summed E-state index contributed by atoms with van der Waals surface area (Å²) >= 11 is 0. The Morgan fingerprint density at radius 1 is 0.422 bits per heavy atom. The minimum Gasteiger partial charge on any atom is -0.269 e. The maximum absolute atomic E-state index is 13.3. The van der Waals surface area contributed by atoms with Gasteiger partial charge in [-0.3, -0.25) is 9.59 Å². The Kier molecular flexibility index (Phi) is 31.5. The Morgan fingerprint density at radius 2 is 0.711 bits per heavy atom. The van der Waals surface area contributed by atoms with Crippen LogP contribution in [0.2, 0.25) is 0 Å². The van der Waals surface area contributed by atoms with Gasteiger partial charge in [-0.05, 0) is 70.6 Å². The lowest BCUT2D eigenvalue weighted by atomic mass is 10.1. The lowest BCUT2D eigenvalue weighted by Gasteiger charge is -2.38. The van der Waals surface area contributed by atoms with E-state index in [9.17, 15) is 9.59 Å². The van der Waals surface area contributed by atoms with Crippen molar-refractivity contribution in [1.29, 1.82) is 0 Å². The molecule has 0 radical (unpaired) electrons. The fourth-order valence-electron chi connectivity index (χ4n) is 6.30. The fourth-order valence-corrected chi connectivity index (χ4v) is 6.30. The zero-order valence-corrected chi connectivity index (χ0v) is 31.2. The SMILES string of the molecule is CCCCCCCC/C=C\CCCCCCCC(=O)N(C(=O)CCCCCCC/C=C\CCCCCCCC)[N+](C)(C)CCC. The molecule has 0 unspecified atom stereocenters. The topological polar surface area (TPSA) is 37.4 Å². The van der Waals surface area contributed by atoms with Crippen molar-refractivity contribution in [3.8, 4) is 0 Å². The van der Waals surface area contributed by atoms with E-state index in [0.717, 1.165) is 38.6 Å². The van der Waals surface area contributed by atoms with Gasteiger partial charge in [0, 0.05) is 12.8 Å². The summed E-state index contributed by atoms with van der Waals surface area (Å²) in [5.74, 6) is 0.0349. The summed E-state index contributed by atoms with van der Waals surface area (Å²) in [7, 11) is 4.03. The van der Waals surface area contributed by atoms with E-state index in [4.69, 9.17) is 0 Å². The summed E-state index contributed by atoms with van der Waals surface area (Å²) in [6.07, 6.45) is 43.8. The van der Waals surface area contributed by atoms with Crippen LogP contribution in [0.1, 0.15) is 207 Å². The Labute approximate surface area is 282 Å². The van der Waals surface area contributed by atoms with Crippen molar-refractivity contribution in [2.24, 2.45) is 0 Å². The molecule has 0 aliphatic rings. The van der Waals surface area contributed by atoms with Crippen molar-refractivity contribution < 1.29 is 14.2 Å². The molecule has 4 heteroatoms. The number of amides is 2. The first kappa shape index (κ1) is 43.6. The highest BCUT2D eigenvalue weighted by molar-refractivity contribution is 5.93. The first-order chi connectivity index (χ1) is 21.9. The Morgan fingerprint density at radius 3 is 1.02 bits per heavy atom. The van der Waals surface area contributed by atoms with Crippen LogP contribution in [-0.4, -0.2) is 42.1 Å². The standard InChI is InChI=1S/C41H79N2O2/c1-6-9-11-13-15-17-19-21-23-25-27-29-31-33-35-37-40(44)42(43(4,5)39-8-3)41(45)38-36-34-32-30-28-26-24-22-20-18-16-14-12-10-7-2/h21-24H,6-20,25-39H2,1-5H3/q+1/b23-21-,24-22-. The van der Waals surface area contributed by atoms with Gasteiger partial charge in [-0.25, -0.2) is 4.59 Å². The molecule has 0 aliphatic carbocycles. The van der Waals surface area contributed by atoms with Crippen molar-refractivity contribution in [3.63, 3.8) is 0 Å². The van der Waals surface area contributed by atoms with E-state index in [2.05, 4.69) is 45.1 Å². The van der Waals surface area contributed by atoms with Crippen molar-refractivity contribution in [3.05, 3.63) is 24.3 Å². The van der Waals surface area contributed by atoms with Crippen molar-refractivity contribution in [1.82, 2.24) is 5.01 Å². The largest absolute Gasteiger partial charge is 0.276 e. The van der Waals surface area contributed by atoms with Crippen LogP contribution in [0.25, 0.3) is 0 Å². The van der Waals surface area contributed by atoms with Crippen LogP contribution in [0.4, 0.5) is 0 Å². The predicted octanol–water partition coefficient (Wildman–Crippen LogP) is 12.8. The number of hydrogen-bond acceptors (Lipinski definition) is 2. The summed E-state index contributed by atoms with van der Waals surface area (Å²) in [6, 6.07) is 0. The monoisotopic (exact) mass is 632 g/mol. The van der Waals surface area contributed by atoms with Crippen molar-refractivity contribution in [2.45, 2.75) is 207 Å². The van der Waals surface area contributed by atoms with E-state index >= 15 is 0 Å². The van der Waals surface area contributed by atoms with Gasteiger partial charge in [0.2, 0.25) is 0 Å². The van der Waals surface area contributed by atoms with Crippen LogP contribution in [0, 0.1) is 0 Å². The third-order valence-corrected chi connectivity index (χ3v) is 9.09. The molecule has 0 aromatic carbocycles. The van der Waals surface area contributed by atoms with Crippen molar-refractivity contribution >= 4 is 11.8 Å². The number of hydrogen-bond donors (Lipinski definition) is 0. The van der Waals surface area contributed by atoms with Gasteiger partial charge in [0.15, 0.2) is 0 Å². The molecule has 0 saturated heterocycles. The van der Waals surface area contributed by atoms with Gasteiger partial charge >= 0.3 is 0 Å². The molecule has 2 amide bonds. The van der Waals surface area contributed by atoms with E-state index in [1.807, 2.05) is 14.1 Å². The molecule has 0 spiro atoms. The summed E-state index contributed by atoms with van der Waals surface area (Å²) in [5.41, 5.74) is 0. The number of quaternary nitrogens is 1. The summed E-state index contributed by atoms with van der Waals surface area (Å²) in [4.78, 5) is 26.5. The average molecular weight is 632 g/mol. The fraction of sp³-hybridized carbons (Fsp3) is 0.854. The van der Waals surface area contributed by atoms with Gasteiger partial charge in [-0.1, -0.05) is 148 Å². The van der Waals surface area contributed by atoms with Crippen LogP contribution in [-0.2, 0) is 9.59 Å². The van der Waals surface area contributed by atoms with Gasteiger partial charge in [-0.2, -0.15) is 0 Å². The Hall–Kier alpha value is -1.42. The highest BCUT2D eigenvalue weighted by Crippen LogP contribution is 2.17. The maximum Gasteiger partial charge on any atom is 0.276 e. The predicted molar refractivity (Wildman–Crippen MR) is 198 cm³/mol. The molecule has 0 aromatic rings. The lowest BCUT2D eigenvalue weighted by Crippen LogP contribution is -2.60. The summed E-state index contributed by atoms with van der Waals surface area (Å²) in [5, 5.41) is 1.59. The molecular formula is C41H79N2O2+. The second-order valence-electron chi connectivity index (χ2n) is 14.1. The minimum atomic E-state index is 0.0174. The van der Waals surface area contributed by atoms with Gasteiger partial charge in [0.05, 0.1) is 14.1 Å². The number of carbonyl (C=O) groups excluding carboxylic acids is 2. The molecule has 0 heterocycles. The number of carbonyl (C=O) groups is 2. The first-order valence-corrected chi connectivity index (χ1v) is 19.9. The average Bonchev–Trinajstić information content (AvgIpc) is 3.01. The molecule has 0 aromatic heterocycles. The highest BCUT2D eigenvalue weighted by atomic mass is 16.2. The van der Waals surface area contributed by atoms with Crippen molar-refractivity contribution in [2.75, 3.05) is 20.6 Å². The molecule has 4 nitrogen and oxygen atoms in total. The molecule has 0 aliphatic heterocycles. The van der Waals surface area contributed by atoms with Gasteiger partial charge in [0.25, 0.3) is 11.8 Å². The van der Waals surface area contributed by atoms with E-state index < -0.39 is 0 Å². The normalized spacial score (nSPS) is 12.1. The quantitative estimate of drug-likeness (QED) is 0.0313. The highest BCUT2D eigenvalue weighted by Gasteiger charge is 2.35. The second kappa shape index (κ2) is 32.5. The van der Waals surface area contributed by atoms with Crippen LogP contribution in [0.5, 0.6) is 0 Å². The second-order valence-corrected chi connectivity index (χ2v) is 14.1. The molecule has 0 saturated carbocycles. The molecule has 45 heavy (non-hydrogen) atoms. The molecule has 0 N–H and O–H groups in total. The Balaban J connectivity index is 4.10. The number of rotatable bonds is 33. The number of nitrogens with zero attached hydrogens (tertiary/aromatic N) is 2. The summed E-state index contributed by atoms with van der Waals surface area (Å²) in [6.45, 7) is 7.47. The van der Waals surface area contributed by atoms with Gasteiger partial charge in [0.1, 0.15) is 6.54 Å². The zero-order chi connectivity index (χ0) is 33.3. The van der Waals surface area contributed by atoms with Crippen LogP contribution in [0.15, 0.2) is 24.3 Å². The molecular weight excluding hydrogens is 552 g/mol. The first-order valence-electron chi connectivity index (χ1n) is 19.9. The minimum absolute atomic E-state index is 0.0174. The molecule has 0 fully saturated rings. The van der Waals surface area contributed by atoms with E-state index in [0.29, 0.717) is 17.4 Å². The van der Waals surface area contributed by atoms with E-state index in [1.54, 1.807) is 5.01 Å². The molecule has 0 bridgehead atoms. The molecule has 264 valence electrons. The molecule has 0 atom stereocenters. The van der Waals surface area contributed by atoms with E-state index in [1.165, 1.54) is 141 Å². The lowest BCUT2D eigenvalue weighted by molar-refractivity contribution is -0.978. The molecule has 0 rings (SSSR count). The number of allylic oxidation sites excluding steroid dienone is 4. The van der Waals surface area contributed by atoms with Gasteiger partial charge in [-0.15, -0.1) is 5.01 Å². The zero-order valence-electron chi connectivity index (χ0n) is 31.2. The van der Waals surface area contributed by atoms with Crippen LogP contribution < -0.4 is 0 Å². The number of imide groups is 1. The third-order valence-electron chi connectivity index (χ3n) is 9.09. The third kappa shape index (κ3) is 27.4. The Bertz CT molecular complexity index is 675. The van der Waals surface area contributed by atoms with Gasteiger partial charge < -0.3 is 0 Å². The summed E-state index contributed by atoms with van der Waals surface area (Å²) < 4.78 is 0.352. The number of unbranched alkanes of at least 4 members (excludes halogenated alkanes) is 22. The van der Waals surface area contributed by atoms with Crippen LogP contribution in [0.3, 0.4) is 0 Å². The van der Waals surface area contributed by atoms with Crippen LogP contribution >= 0.6 is 0 Å².